The van der Waals surface area contributed by atoms with Crippen molar-refractivity contribution in [3.63, 3.8) is 0 Å². The number of carboxylic acid groups (broad SMARTS) is 1. The van der Waals surface area contributed by atoms with Crippen molar-refractivity contribution in [2.45, 2.75) is 6.54 Å². The van der Waals surface area contributed by atoms with Gasteiger partial charge in [0, 0.05) is 0 Å². The topological polar surface area (TPSA) is 75.4 Å². The molecule has 11 heavy (non-hydrogen) atoms. The fraction of sp³-hybridized carbons (Fsp3) is 0.333. The Hall–Kier alpha value is -1.36. The summed E-state index contributed by atoms with van der Waals surface area (Å²) in [6.45, 7) is 0.266. The molecule has 60 valence electrons. The molecule has 0 spiro atoms. The molecule has 0 unspecified atom stereocenters. The van der Waals surface area contributed by atoms with E-state index in [1.165, 1.54) is 12.5 Å². The van der Waals surface area contributed by atoms with Gasteiger partial charge in [-0.15, -0.1) is 0 Å². The van der Waals surface area contributed by atoms with Crippen LogP contribution in [-0.2, 0) is 11.3 Å². The maximum Gasteiger partial charge on any atom is 0.317 e. The Morgan fingerprint density at radius 2 is 2.64 bits per heavy atom. The second-order valence-corrected chi connectivity index (χ2v) is 1.92. The van der Waals surface area contributed by atoms with Gasteiger partial charge >= 0.3 is 5.97 Å². The molecule has 1 aromatic heterocycles. The third-order valence-corrected chi connectivity index (χ3v) is 1.04. The highest BCUT2D eigenvalue weighted by Gasteiger charge is 1.98. The molecule has 1 heterocycles. The Kier molecular flexibility index (Phi) is 2.62. The summed E-state index contributed by atoms with van der Waals surface area (Å²) >= 11 is 0. The van der Waals surface area contributed by atoms with Crippen LogP contribution in [0.2, 0.25) is 0 Å². The van der Waals surface area contributed by atoms with Crippen LogP contribution in [0.15, 0.2) is 16.9 Å². The normalized spacial score (nSPS) is 9.82. The van der Waals surface area contributed by atoms with E-state index in [1.807, 2.05) is 0 Å². The summed E-state index contributed by atoms with van der Waals surface area (Å²) < 4.78 is 4.85. The molecule has 0 aromatic carbocycles. The average Bonchev–Trinajstić information content (AvgIpc) is 2.39. The fourth-order valence-electron chi connectivity index (χ4n) is 0.617. The van der Waals surface area contributed by atoms with E-state index in [0.717, 1.165) is 0 Å². The van der Waals surface area contributed by atoms with Crippen molar-refractivity contribution in [1.82, 2.24) is 10.3 Å². The SMILES string of the molecule is O=C(O)CNCc1ncco1. The molecule has 0 atom stereocenters. The number of aromatic nitrogens is 1. The molecule has 0 fully saturated rings. The van der Waals surface area contributed by atoms with E-state index in [0.29, 0.717) is 12.4 Å². The molecule has 0 aliphatic heterocycles. The zero-order valence-corrected chi connectivity index (χ0v) is 5.78. The monoisotopic (exact) mass is 156 g/mol. The standard InChI is InChI=1S/C6H8N2O3/c9-6(10)4-7-3-5-8-1-2-11-5/h1-2,7H,3-4H2,(H,9,10). The summed E-state index contributed by atoms with van der Waals surface area (Å²) in [7, 11) is 0. The number of nitrogens with zero attached hydrogens (tertiary/aromatic N) is 1. The Morgan fingerprint density at radius 3 is 3.18 bits per heavy atom. The van der Waals surface area contributed by atoms with Crippen molar-refractivity contribution in [2.75, 3.05) is 6.54 Å². The van der Waals surface area contributed by atoms with Crippen molar-refractivity contribution >= 4 is 5.97 Å². The number of hydrogen-bond acceptors (Lipinski definition) is 4. The first-order valence-electron chi connectivity index (χ1n) is 3.10. The molecule has 0 radical (unpaired) electrons. The molecule has 0 amide bonds. The number of aliphatic carboxylic acids is 1. The molecule has 0 aliphatic carbocycles. The highest BCUT2D eigenvalue weighted by molar-refractivity contribution is 5.68. The van der Waals surface area contributed by atoms with Gasteiger partial charge in [-0.3, -0.25) is 10.1 Å². The lowest BCUT2D eigenvalue weighted by Gasteiger charge is -1.94. The molecule has 0 saturated carbocycles. The van der Waals surface area contributed by atoms with Gasteiger partial charge in [-0.05, 0) is 0 Å². The molecular weight excluding hydrogens is 148 g/mol. The van der Waals surface area contributed by atoms with Crippen LogP contribution in [0.5, 0.6) is 0 Å². The van der Waals surface area contributed by atoms with E-state index in [-0.39, 0.29) is 6.54 Å². The molecule has 1 aromatic rings. The highest BCUT2D eigenvalue weighted by Crippen LogP contribution is 1.91. The number of hydrogen-bond donors (Lipinski definition) is 2. The second-order valence-electron chi connectivity index (χ2n) is 1.92. The maximum atomic E-state index is 10.0. The van der Waals surface area contributed by atoms with Crippen molar-refractivity contribution in [3.05, 3.63) is 18.4 Å². The predicted molar refractivity (Wildman–Crippen MR) is 35.8 cm³/mol. The van der Waals surface area contributed by atoms with Gasteiger partial charge < -0.3 is 9.52 Å². The van der Waals surface area contributed by atoms with Crippen LogP contribution in [0, 0.1) is 0 Å². The number of oxazole rings is 1. The average molecular weight is 156 g/mol. The number of rotatable bonds is 4. The zero-order chi connectivity index (χ0) is 8.10. The van der Waals surface area contributed by atoms with Crippen LogP contribution in [0.4, 0.5) is 0 Å². The van der Waals surface area contributed by atoms with E-state index in [2.05, 4.69) is 10.3 Å². The minimum atomic E-state index is -0.892. The van der Waals surface area contributed by atoms with Gasteiger partial charge in [0.15, 0.2) is 0 Å². The van der Waals surface area contributed by atoms with E-state index < -0.39 is 5.97 Å². The molecule has 5 heteroatoms. The van der Waals surface area contributed by atoms with Gasteiger partial charge in [-0.1, -0.05) is 0 Å². The summed E-state index contributed by atoms with van der Waals surface area (Å²) in [6.07, 6.45) is 2.95. The first-order chi connectivity index (χ1) is 5.29. The van der Waals surface area contributed by atoms with Gasteiger partial charge in [-0.25, -0.2) is 4.98 Å². The lowest BCUT2D eigenvalue weighted by Crippen LogP contribution is -2.21. The van der Waals surface area contributed by atoms with E-state index in [1.54, 1.807) is 0 Å². The summed E-state index contributed by atoms with van der Waals surface area (Å²) in [5, 5.41) is 10.9. The van der Waals surface area contributed by atoms with Crippen molar-refractivity contribution < 1.29 is 14.3 Å². The van der Waals surface area contributed by atoms with Crippen LogP contribution in [-0.4, -0.2) is 22.6 Å². The van der Waals surface area contributed by atoms with Gasteiger partial charge in [0.25, 0.3) is 0 Å². The van der Waals surface area contributed by atoms with Crippen molar-refractivity contribution in [1.29, 1.82) is 0 Å². The molecule has 1 rings (SSSR count). The third-order valence-electron chi connectivity index (χ3n) is 1.04. The number of carboxylic acids is 1. The Labute approximate surface area is 63.0 Å². The first kappa shape index (κ1) is 7.74. The summed E-state index contributed by atoms with van der Waals surface area (Å²) in [5.74, 6) is -0.400. The maximum absolute atomic E-state index is 10.0. The van der Waals surface area contributed by atoms with Gasteiger partial charge in [-0.2, -0.15) is 0 Å². The lowest BCUT2D eigenvalue weighted by molar-refractivity contribution is -0.136. The molecule has 0 bridgehead atoms. The third kappa shape index (κ3) is 2.81. The van der Waals surface area contributed by atoms with Crippen molar-refractivity contribution in [3.8, 4) is 0 Å². The lowest BCUT2D eigenvalue weighted by atomic mass is 10.6. The predicted octanol–water partition coefficient (Wildman–Crippen LogP) is -0.151. The Bertz CT molecular complexity index is 220. The minimum absolute atomic E-state index is 0.0810. The Balaban J connectivity index is 2.19. The van der Waals surface area contributed by atoms with Crippen LogP contribution < -0.4 is 5.32 Å². The van der Waals surface area contributed by atoms with Crippen LogP contribution >= 0.6 is 0 Å². The van der Waals surface area contributed by atoms with Crippen molar-refractivity contribution in [2.24, 2.45) is 0 Å². The van der Waals surface area contributed by atoms with Gasteiger partial charge in [0.1, 0.15) is 6.26 Å². The van der Waals surface area contributed by atoms with Gasteiger partial charge in [0.2, 0.25) is 5.89 Å². The van der Waals surface area contributed by atoms with E-state index in [4.69, 9.17) is 9.52 Å². The second kappa shape index (κ2) is 3.72. The minimum Gasteiger partial charge on any atom is -0.480 e. The number of nitrogens with one attached hydrogen (secondary N) is 1. The molecule has 0 aliphatic rings. The molecule has 0 saturated heterocycles. The summed E-state index contributed by atoms with van der Waals surface area (Å²) in [4.78, 5) is 13.8. The van der Waals surface area contributed by atoms with Crippen LogP contribution in [0.1, 0.15) is 5.89 Å². The van der Waals surface area contributed by atoms with Gasteiger partial charge in [0.05, 0.1) is 19.3 Å². The Morgan fingerprint density at radius 1 is 1.82 bits per heavy atom. The highest BCUT2D eigenvalue weighted by atomic mass is 16.4. The summed E-state index contributed by atoms with van der Waals surface area (Å²) in [5.41, 5.74) is 0. The van der Waals surface area contributed by atoms with Crippen LogP contribution in [0.25, 0.3) is 0 Å². The largest absolute Gasteiger partial charge is 0.480 e. The number of carbonyl (C=O) groups is 1. The zero-order valence-electron chi connectivity index (χ0n) is 5.78. The van der Waals surface area contributed by atoms with Crippen LogP contribution in [0.3, 0.4) is 0 Å². The van der Waals surface area contributed by atoms with E-state index >= 15 is 0 Å². The first-order valence-corrected chi connectivity index (χ1v) is 3.10. The quantitative estimate of drug-likeness (QED) is 0.634. The molecule has 2 N–H and O–H groups in total. The molecule has 5 nitrogen and oxygen atoms in total. The smallest absolute Gasteiger partial charge is 0.317 e. The molecular formula is C6H8N2O3. The fourth-order valence-corrected chi connectivity index (χ4v) is 0.617. The van der Waals surface area contributed by atoms with E-state index in [9.17, 15) is 4.79 Å². The summed E-state index contributed by atoms with van der Waals surface area (Å²) in [6, 6.07) is 0.